The van der Waals surface area contributed by atoms with Crippen LogP contribution in [0.5, 0.6) is 0 Å². The number of hydrogen-bond acceptors (Lipinski definition) is 4. The van der Waals surface area contributed by atoms with Crippen molar-refractivity contribution in [1.29, 1.82) is 0 Å². The molecule has 0 aromatic rings. The number of ether oxygens (including phenoxy) is 1. The zero-order chi connectivity index (χ0) is 12.7. The maximum atomic E-state index is 5.30. The number of thioether (sulfide) groups is 1. The Labute approximate surface area is 110 Å². The van der Waals surface area contributed by atoms with E-state index in [1.807, 2.05) is 18.7 Å². The fraction of sp³-hybridized carbons (Fsp3) is 0.923. The first-order chi connectivity index (χ1) is 8.01. The molecular weight excluding hydrogens is 232 g/mol. The summed E-state index contributed by atoms with van der Waals surface area (Å²) >= 11 is 1.90. The molecular formula is C13H26N2OS. The maximum absolute atomic E-state index is 5.30. The molecule has 0 aromatic heterocycles. The zero-order valence-electron chi connectivity index (χ0n) is 11.6. The minimum Gasteiger partial charge on any atom is -0.382 e. The Morgan fingerprint density at radius 1 is 1.47 bits per heavy atom. The topological polar surface area (TPSA) is 33.6 Å². The van der Waals surface area contributed by atoms with Gasteiger partial charge in [-0.2, -0.15) is 0 Å². The van der Waals surface area contributed by atoms with Crippen molar-refractivity contribution in [2.24, 2.45) is 10.4 Å². The van der Waals surface area contributed by atoms with Crippen LogP contribution in [-0.4, -0.2) is 36.7 Å². The van der Waals surface area contributed by atoms with Crippen LogP contribution in [0.15, 0.2) is 4.99 Å². The van der Waals surface area contributed by atoms with E-state index < -0.39 is 0 Å². The van der Waals surface area contributed by atoms with E-state index in [2.05, 4.69) is 31.1 Å². The highest BCUT2D eigenvalue weighted by molar-refractivity contribution is 8.14. The molecule has 1 rings (SSSR count). The predicted molar refractivity (Wildman–Crippen MR) is 76.9 cm³/mol. The third-order valence-corrected chi connectivity index (χ3v) is 3.65. The lowest BCUT2D eigenvalue weighted by Gasteiger charge is -2.21. The van der Waals surface area contributed by atoms with Gasteiger partial charge in [0.1, 0.15) is 0 Å². The first-order valence-electron chi connectivity index (χ1n) is 6.54. The second-order valence-electron chi connectivity index (χ2n) is 5.63. The summed E-state index contributed by atoms with van der Waals surface area (Å²) < 4.78 is 5.30. The fourth-order valence-corrected chi connectivity index (χ4v) is 3.20. The van der Waals surface area contributed by atoms with Crippen LogP contribution >= 0.6 is 11.8 Å². The van der Waals surface area contributed by atoms with Gasteiger partial charge in [0.05, 0.1) is 6.54 Å². The van der Waals surface area contributed by atoms with Crippen molar-refractivity contribution in [3.63, 3.8) is 0 Å². The highest BCUT2D eigenvalue weighted by Gasteiger charge is 2.24. The standard InChI is InChI=1S/C13H26N2OS/c1-5-16-8-6-7-14-12-15-10-11(17-12)9-13(2,3)4/h11H,5-10H2,1-4H3,(H,14,15). The summed E-state index contributed by atoms with van der Waals surface area (Å²) in [4.78, 5) is 4.55. The molecule has 17 heavy (non-hydrogen) atoms. The van der Waals surface area contributed by atoms with Crippen LogP contribution < -0.4 is 5.32 Å². The quantitative estimate of drug-likeness (QED) is 0.744. The molecule has 4 heteroatoms. The van der Waals surface area contributed by atoms with Crippen molar-refractivity contribution in [3.05, 3.63) is 0 Å². The summed E-state index contributed by atoms with van der Waals surface area (Å²) in [5, 5.41) is 5.17. The number of hydrogen-bond donors (Lipinski definition) is 1. The van der Waals surface area contributed by atoms with Gasteiger partial charge in [-0.15, -0.1) is 0 Å². The number of amidine groups is 1. The Morgan fingerprint density at radius 2 is 2.24 bits per heavy atom. The van der Waals surface area contributed by atoms with E-state index in [1.165, 1.54) is 6.42 Å². The van der Waals surface area contributed by atoms with Gasteiger partial charge in [-0.25, -0.2) is 0 Å². The molecule has 1 N–H and O–H groups in total. The molecule has 0 radical (unpaired) electrons. The van der Waals surface area contributed by atoms with Crippen LogP contribution in [-0.2, 0) is 4.74 Å². The maximum Gasteiger partial charge on any atom is 0.156 e. The summed E-state index contributed by atoms with van der Waals surface area (Å²) in [5.74, 6) is 0. The van der Waals surface area contributed by atoms with Gasteiger partial charge in [-0.05, 0) is 25.2 Å². The van der Waals surface area contributed by atoms with Crippen LogP contribution in [0.3, 0.4) is 0 Å². The van der Waals surface area contributed by atoms with Crippen molar-refractivity contribution < 1.29 is 4.74 Å². The van der Waals surface area contributed by atoms with Gasteiger partial charge in [0.15, 0.2) is 5.17 Å². The molecule has 1 aliphatic rings. The highest BCUT2D eigenvalue weighted by Crippen LogP contribution is 2.31. The predicted octanol–water partition coefficient (Wildman–Crippen LogP) is 2.91. The molecule has 0 aliphatic carbocycles. The Hall–Kier alpha value is -0.220. The lowest BCUT2D eigenvalue weighted by Crippen LogP contribution is -2.22. The van der Waals surface area contributed by atoms with Crippen LogP contribution in [0.4, 0.5) is 0 Å². The van der Waals surface area contributed by atoms with Crippen molar-refractivity contribution >= 4 is 16.9 Å². The number of nitrogens with one attached hydrogen (secondary N) is 1. The zero-order valence-corrected chi connectivity index (χ0v) is 12.4. The Morgan fingerprint density at radius 3 is 2.88 bits per heavy atom. The average Bonchev–Trinajstić information content (AvgIpc) is 2.63. The largest absolute Gasteiger partial charge is 0.382 e. The lowest BCUT2D eigenvalue weighted by atomic mass is 9.90. The number of rotatable bonds is 6. The van der Waals surface area contributed by atoms with Crippen LogP contribution in [0.1, 0.15) is 40.5 Å². The molecule has 0 bridgehead atoms. The van der Waals surface area contributed by atoms with Crippen molar-refractivity contribution in [1.82, 2.24) is 5.32 Å². The van der Waals surface area contributed by atoms with Gasteiger partial charge in [-0.3, -0.25) is 4.99 Å². The molecule has 0 amide bonds. The smallest absolute Gasteiger partial charge is 0.156 e. The van der Waals surface area contributed by atoms with Gasteiger partial charge >= 0.3 is 0 Å². The first kappa shape index (κ1) is 14.8. The van der Waals surface area contributed by atoms with Gasteiger partial charge in [0, 0.05) is 25.0 Å². The van der Waals surface area contributed by atoms with Gasteiger partial charge in [0.2, 0.25) is 0 Å². The van der Waals surface area contributed by atoms with E-state index in [1.54, 1.807) is 0 Å². The summed E-state index contributed by atoms with van der Waals surface area (Å²) in [5.41, 5.74) is 0.400. The normalized spacial score (nSPS) is 20.5. The van der Waals surface area contributed by atoms with Crippen LogP contribution in [0, 0.1) is 5.41 Å². The van der Waals surface area contributed by atoms with E-state index in [-0.39, 0.29) is 0 Å². The number of aliphatic imine (C=N–C) groups is 1. The molecule has 1 unspecified atom stereocenters. The Balaban J connectivity index is 2.09. The SMILES string of the molecule is CCOCCCNC1=NCC(CC(C)(C)C)S1. The van der Waals surface area contributed by atoms with E-state index in [0.717, 1.165) is 37.9 Å². The molecule has 0 saturated heterocycles. The van der Waals surface area contributed by atoms with Crippen LogP contribution in [0.2, 0.25) is 0 Å². The van der Waals surface area contributed by atoms with E-state index >= 15 is 0 Å². The minimum atomic E-state index is 0.400. The second-order valence-corrected chi connectivity index (χ2v) is 6.92. The molecule has 0 spiro atoms. The fourth-order valence-electron chi connectivity index (χ4n) is 1.82. The molecule has 1 atom stereocenters. The molecule has 3 nitrogen and oxygen atoms in total. The van der Waals surface area contributed by atoms with Crippen molar-refractivity contribution in [2.45, 2.75) is 45.8 Å². The molecule has 100 valence electrons. The van der Waals surface area contributed by atoms with E-state index in [4.69, 9.17) is 4.74 Å². The number of nitrogens with zero attached hydrogens (tertiary/aromatic N) is 1. The third kappa shape index (κ3) is 6.94. The Bertz CT molecular complexity index is 248. The first-order valence-corrected chi connectivity index (χ1v) is 7.42. The highest BCUT2D eigenvalue weighted by atomic mass is 32.2. The van der Waals surface area contributed by atoms with Gasteiger partial charge < -0.3 is 10.1 Å². The van der Waals surface area contributed by atoms with E-state index in [9.17, 15) is 0 Å². The van der Waals surface area contributed by atoms with Gasteiger partial charge in [-0.1, -0.05) is 32.5 Å². The molecule has 0 fully saturated rings. The lowest BCUT2D eigenvalue weighted by molar-refractivity contribution is 0.146. The average molecular weight is 258 g/mol. The van der Waals surface area contributed by atoms with Crippen molar-refractivity contribution in [3.8, 4) is 0 Å². The molecule has 0 saturated carbocycles. The van der Waals surface area contributed by atoms with E-state index in [0.29, 0.717) is 10.7 Å². The summed E-state index contributed by atoms with van der Waals surface area (Å²) in [6.45, 7) is 12.5. The molecule has 1 heterocycles. The van der Waals surface area contributed by atoms with Gasteiger partial charge in [0.25, 0.3) is 0 Å². The molecule has 1 aliphatic heterocycles. The monoisotopic (exact) mass is 258 g/mol. The van der Waals surface area contributed by atoms with Crippen LogP contribution in [0.25, 0.3) is 0 Å². The Kier molecular flexibility index (Phi) is 6.34. The minimum absolute atomic E-state index is 0.400. The second kappa shape index (κ2) is 7.27. The third-order valence-electron chi connectivity index (χ3n) is 2.50. The van der Waals surface area contributed by atoms with Crippen molar-refractivity contribution in [2.75, 3.05) is 26.3 Å². The summed E-state index contributed by atoms with van der Waals surface area (Å²) in [6.07, 6.45) is 2.28. The summed E-state index contributed by atoms with van der Waals surface area (Å²) in [7, 11) is 0. The summed E-state index contributed by atoms with van der Waals surface area (Å²) in [6, 6.07) is 0. The molecule has 0 aromatic carbocycles.